The topological polar surface area (TPSA) is 3.24 Å². The highest BCUT2D eigenvalue weighted by Crippen LogP contribution is 2.38. The molecule has 1 aromatic rings. The van der Waals surface area contributed by atoms with E-state index < -0.39 is 0 Å². The van der Waals surface area contributed by atoms with E-state index in [0.29, 0.717) is 6.74 Å². The van der Waals surface area contributed by atoms with Crippen LogP contribution < -0.4 is 4.81 Å². The number of fused-ring (bicyclic) bond motifs is 1. The molecular formula is C13H19B3N. The van der Waals surface area contributed by atoms with Gasteiger partial charge in [-0.1, -0.05) is 6.82 Å². The zero-order valence-electron chi connectivity index (χ0n) is 11.6. The van der Waals surface area contributed by atoms with E-state index in [9.17, 15) is 0 Å². The molecule has 0 saturated heterocycles. The highest BCUT2D eigenvalue weighted by Gasteiger charge is 2.28. The molecule has 85 valence electrons. The van der Waals surface area contributed by atoms with Gasteiger partial charge in [0, 0.05) is 20.0 Å². The number of anilines is 1. The Hall–Kier alpha value is -0.785. The van der Waals surface area contributed by atoms with Crippen LogP contribution in [0, 0.1) is 27.7 Å². The van der Waals surface area contributed by atoms with Gasteiger partial charge in [-0.25, -0.2) is 0 Å². The van der Waals surface area contributed by atoms with E-state index in [2.05, 4.69) is 39.3 Å². The first-order valence-corrected chi connectivity index (χ1v) is 6.40. The third-order valence-electron chi connectivity index (χ3n) is 4.44. The van der Waals surface area contributed by atoms with Crippen molar-refractivity contribution in [3.63, 3.8) is 0 Å². The summed E-state index contributed by atoms with van der Waals surface area (Å²) >= 11 is 0. The van der Waals surface area contributed by atoms with Crippen LogP contribution >= 0.6 is 0 Å². The molecule has 1 aliphatic rings. The summed E-state index contributed by atoms with van der Waals surface area (Å²) in [5.74, 6) is 0. The van der Waals surface area contributed by atoms with Gasteiger partial charge in [-0.15, -0.1) is 0 Å². The van der Waals surface area contributed by atoms with Gasteiger partial charge in [-0.2, -0.15) is 0 Å². The minimum atomic E-state index is 0.316. The SMILES string of the molecule is [B][B]B(C)N1CCc2c(C)c(C)c(C)c(C)c21. The molecule has 1 heterocycles. The molecule has 1 aliphatic heterocycles. The molecule has 2 rings (SSSR count). The molecule has 0 fully saturated rings. The summed E-state index contributed by atoms with van der Waals surface area (Å²) in [5.41, 5.74) is 8.73. The van der Waals surface area contributed by atoms with Crippen molar-refractivity contribution in [3.05, 3.63) is 27.8 Å². The van der Waals surface area contributed by atoms with Crippen LogP contribution in [0.3, 0.4) is 0 Å². The molecule has 4 heteroatoms. The van der Waals surface area contributed by atoms with Crippen molar-refractivity contribution < 1.29 is 0 Å². The lowest BCUT2D eigenvalue weighted by Crippen LogP contribution is -2.41. The van der Waals surface area contributed by atoms with E-state index in [1.165, 1.54) is 33.5 Å². The van der Waals surface area contributed by atoms with Crippen molar-refractivity contribution in [2.75, 3.05) is 11.4 Å². The average Bonchev–Trinajstić information content (AvgIpc) is 2.77. The molecule has 0 aromatic heterocycles. The largest absolute Gasteiger partial charge is 0.423 e. The van der Waals surface area contributed by atoms with Crippen LogP contribution in [0.1, 0.15) is 27.8 Å². The summed E-state index contributed by atoms with van der Waals surface area (Å²) in [5, 5.41) is 0. The fourth-order valence-corrected chi connectivity index (χ4v) is 2.92. The smallest absolute Gasteiger partial charge is 0.196 e. The summed E-state index contributed by atoms with van der Waals surface area (Å²) < 4.78 is 0. The van der Waals surface area contributed by atoms with E-state index in [0.717, 1.165) is 13.0 Å². The number of nitrogens with zero attached hydrogens (tertiary/aromatic N) is 1. The summed E-state index contributed by atoms with van der Waals surface area (Å²) in [7, 11) is 7.49. The average molecular weight is 222 g/mol. The lowest BCUT2D eigenvalue weighted by Gasteiger charge is -2.28. The Morgan fingerprint density at radius 3 is 2.24 bits per heavy atom. The maximum absolute atomic E-state index is 5.70. The fourth-order valence-electron chi connectivity index (χ4n) is 2.92. The van der Waals surface area contributed by atoms with Crippen LogP contribution in [-0.2, 0) is 6.42 Å². The third kappa shape index (κ3) is 1.82. The Morgan fingerprint density at radius 2 is 1.65 bits per heavy atom. The lowest BCUT2D eigenvalue weighted by molar-refractivity contribution is 1.03. The second kappa shape index (κ2) is 4.47. The van der Waals surface area contributed by atoms with Crippen LogP contribution in [0.25, 0.3) is 0 Å². The number of hydrogen-bond donors (Lipinski definition) is 0. The molecule has 0 spiro atoms. The van der Waals surface area contributed by atoms with Crippen molar-refractivity contribution in [2.24, 2.45) is 0 Å². The first kappa shape index (κ1) is 12.7. The van der Waals surface area contributed by atoms with E-state index in [4.69, 9.17) is 7.74 Å². The quantitative estimate of drug-likeness (QED) is 0.693. The van der Waals surface area contributed by atoms with Crippen LogP contribution in [0.15, 0.2) is 0 Å². The van der Waals surface area contributed by atoms with Gasteiger partial charge in [0.15, 0.2) is 6.74 Å². The van der Waals surface area contributed by atoms with Gasteiger partial charge in [0.1, 0.15) is 0 Å². The van der Waals surface area contributed by atoms with Gasteiger partial charge in [0.05, 0.1) is 7.06 Å². The molecule has 0 bridgehead atoms. The maximum atomic E-state index is 5.70. The van der Waals surface area contributed by atoms with Gasteiger partial charge < -0.3 is 4.81 Å². The van der Waals surface area contributed by atoms with Gasteiger partial charge in [-0.3, -0.25) is 0 Å². The van der Waals surface area contributed by atoms with Gasteiger partial charge in [0.25, 0.3) is 0 Å². The minimum Gasteiger partial charge on any atom is -0.423 e. The predicted octanol–water partition coefficient (Wildman–Crippen LogP) is 2.19. The van der Waals surface area contributed by atoms with Gasteiger partial charge in [0.2, 0.25) is 0 Å². The van der Waals surface area contributed by atoms with Crippen molar-refractivity contribution in [3.8, 4) is 0 Å². The second-order valence-corrected chi connectivity index (χ2v) is 5.20. The van der Waals surface area contributed by atoms with Crippen LogP contribution in [-0.4, -0.2) is 28.1 Å². The number of rotatable bonds is 2. The Morgan fingerprint density at radius 1 is 1.06 bits per heavy atom. The Kier molecular flexibility index (Phi) is 3.33. The molecule has 1 nitrogen and oxygen atoms in total. The molecule has 1 aromatic carbocycles. The summed E-state index contributed by atoms with van der Waals surface area (Å²) in [6, 6.07) is 0. The molecule has 3 radical (unpaired) electrons. The van der Waals surface area contributed by atoms with Gasteiger partial charge in [-0.05, 0) is 61.9 Å². The summed E-state index contributed by atoms with van der Waals surface area (Å²) in [6.45, 7) is 12.5. The first-order valence-electron chi connectivity index (χ1n) is 6.40. The minimum absolute atomic E-state index is 0.316. The zero-order valence-corrected chi connectivity index (χ0v) is 11.6. The fraction of sp³-hybridized carbons (Fsp3) is 0.538. The highest BCUT2D eigenvalue weighted by molar-refractivity contribution is 7.32. The Bertz CT molecular complexity index is 457. The molecule has 0 unspecified atom stereocenters. The third-order valence-corrected chi connectivity index (χ3v) is 4.44. The zero-order chi connectivity index (χ0) is 12.7. The molecular weight excluding hydrogens is 203 g/mol. The van der Waals surface area contributed by atoms with Crippen molar-refractivity contribution in [2.45, 2.75) is 40.9 Å². The lowest BCUT2D eigenvalue weighted by atomic mass is 9.20. The van der Waals surface area contributed by atoms with Crippen molar-refractivity contribution in [1.29, 1.82) is 0 Å². The molecule has 0 N–H and O–H groups in total. The predicted molar refractivity (Wildman–Crippen MR) is 79.6 cm³/mol. The van der Waals surface area contributed by atoms with E-state index in [1.807, 2.05) is 0 Å². The maximum Gasteiger partial charge on any atom is 0.196 e. The molecule has 0 atom stereocenters. The van der Waals surface area contributed by atoms with Crippen LogP contribution in [0.2, 0.25) is 6.82 Å². The normalized spacial score (nSPS) is 13.8. The first-order chi connectivity index (χ1) is 7.99. The number of benzene rings is 1. The summed E-state index contributed by atoms with van der Waals surface area (Å²) in [6.07, 6.45) is 1.15. The molecule has 0 saturated carbocycles. The molecule has 0 amide bonds. The van der Waals surface area contributed by atoms with E-state index >= 15 is 0 Å². The van der Waals surface area contributed by atoms with Crippen molar-refractivity contribution in [1.82, 2.24) is 0 Å². The number of hydrogen-bond acceptors (Lipinski definition) is 1. The van der Waals surface area contributed by atoms with Gasteiger partial charge >= 0.3 is 0 Å². The molecule has 0 aliphatic carbocycles. The van der Waals surface area contributed by atoms with Crippen LogP contribution in [0.5, 0.6) is 0 Å². The summed E-state index contributed by atoms with van der Waals surface area (Å²) in [4.78, 5) is 2.43. The standard InChI is InChI=1S/C13H19B3N/c1-8-9(2)11(4)13-12(10(8)3)6-7-17(13)16(5)15-14/h6-7H2,1-5H3. The second-order valence-electron chi connectivity index (χ2n) is 5.20. The van der Waals surface area contributed by atoms with E-state index in [-0.39, 0.29) is 0 Å². The Labute approximate surface area is 108 Å². The van der Waals surface area contributed by atoms with E-state index in [1.54, 1.807) is 7.06 Å². The Balaban J connectivity index is 2.60. The highest BCUT2D eigenvalue weighted by atomic mass is 15.1. The van der Waals surface area contributed by atoms with Crippen LogP contribution in [0.4, 0.5) is 5.69 Å². The van der Waals surface area contributed by atoms with Crippen molar-refractivity contribution >= 4 is 27.2 Å². The molecule has 17 heavy (non-hydrogen) atoms. The monoisotopic (exact) mass is 222 g/mol.